The second kappa shape index (κ2) is 6.27. The van der Waals surface area contributed by atoms with Crippen LogP contribution in [-0.4, -0.2) is 7.05 Å². The molecule has 0 spiro atoms. The molecule has 1 heterocycles. The topological polar surface area (TPSA) is 25.2 Å². The molecule has 0 saturated carbocycles. The van der Waals surface area contributed by atoms with Crippen LogP contribution in [0.4, 0.5) is 0 Å². The second-order valence-corrected chi connectivity index (χ2v) is 5.95. The predicted octanol–water partition coefficient (Wildman–Crippen LogP) is 4.91. The Morgan fingerprint density at radius 3 is 2.35 bits per heavy atom. The molecule has 0 saturated heterocycles. The molecule has 2 rings (SSSR count). The van der Waals surface area contributed by atoms with Crippen LogP contribution in [0, 0.1) is 0 Å². The van der Waals surface area contributed by atoms with Crippen LogP contribution in [0.25, 0.3) is 11.3 Å². The van der Waals surface area contributed by atoms with E-state index in [4.69, 9.17) is 4.42 Å². The molecule has 0 radical (unpaired) electrons. The number of benzene rings is 1. The fourth-order valence-electron chi connectivity index (χ4n) is 2.43. The Bertz CT molecular complexity index is 567. The van der Waals surface area contributed by atoms with Gasteiger partial charge >= 0.3 is 0 Å². The monoisotopic (exact) mass is 271 g/mol. The molecule has 0 amide bonds. The minimum Gasteiger partial charge on any atom is -0.460 e. The van der Waals surface area contributed by atoms with Crippen molar-refractivity contribution in [3.8, 4) is 11.3 Å². The first-order valence-electron chi connectivity index (χ1n) is 7.40. The number of hydrogen-bond donors (Lipinski definition) is 1. The summed E-state index contributed by atoms with van der Waals surface area (Å²) >= 11 is 0. The summed E-state index contributed by atoms with van der Waals surface area (Å²) in [5, 5.41) is 3.12. The molecular weight excluding hydrogens is 246 g/mol. The van der Waals surface area contributed by atoms with E-state index < -0.39 is 0 Å². The largest absolute Gasteiger partial charge is 0.460 e. The van der Waals surface area contributed by atoms with Crippen LogP contribution in [0.1, 0.15) is 56.4 Å². The van der Waals surface area contributed by atoms with Crippen LogP contribution in [-0.2, 0) is 6.54 Å². The van der Waals surface area contributed by atoms with Crippen LogP contribution in [0.5, 0.6) is 0 Å². The lowest BCUT2D eigenvalue weighted by Crippen LogP contribution is -2.03. The standard InChI is InChI=1S/C18H25NO/c1-12(2)14-6-8-16(17(10-14)13(3)4)18-9-7-15(20-18)11-19-5/h6-10,12-13,19H,11H2,1-5H3. The number of hydrogen-bond acceptors (Lipinski definition) is 2. The van der Waals surface area contributed by atoms with Gasteiger partial charge in [0.05, 0.1) is 6.54 Å². The maximum atomic E-state index is 5.94. The van der Waals surface area contributed by atoms with E-state index in [-0.39, 0.29) is 0 Å². The van der Waals surface area contributed by atoms with E-state index >= 15 is 0 Å². The maximum absolute atomic E-state index is 5.94. The van der Waals surface area contributed by atoms with Gasteiger partial charge in [-0.3, -0.25) is 0 Å². The minimum atomic E-state index is 0.488. The van der Waals surface area contributed by atoms with Crippen LogP contribution < -0.4 is 5.32 Å². The van der Waals surface area contributed by atoms with Gasteiger partial charge in [0.1, 0.15) is 11.5 Å². The van der Waals surface area contributed by atoms with Crippen molar-refractivity contribution in [3.05, 3.63) is 47.2 Å². The summed E-state index contributed by atoms with van der Waals surface area (Å²) in [6.07, 6.45) is 0. The van der Waals surface area contributed by atoms with Gasteiger partial charge in [0, 0.05) is 5.56 Å². The highest BCUT2D eigenvalue weighted by Gasteiger charge is 2.14. The third-order valence-electron chi connectivity index (χ3n) is 3.64. The van der Waals surface area contributed by atoms with Gasteiger partial charge in [0.15, 0.2) is 0 Å². The molecule has 0 atom stereocenters. The summed E-state index contributed by atoms with van der Waals surface area (Å²) < 4.78 is 5.94. The molecular formula is C18H25NO. The van der Waals surface area contributed by atoms with Crippen LogP contribution in [0.2, 0.25) is 0 Å². The van der Waals surface area contributed by atoms with E-state index in [9.17, 15) is 0 Å². The van der Waals surface area contributed by atoms with E-state index in [1.807, 2.05) is 13.1 Å². The smallest absolute Gasteiger partial charge is 0.134 e. The Kier molecular flexibility index (Phi) is 4.66. The van der Waals surface area contributed by atoms with Crippen LogP contribution in [0.3, 0.4) is 0 Å². The van der Waals surface area contributed by atoms with Crippen LogP contribution in [0.15, 0.2) is 34.7 Å². The van der Waals surface area contributed by atoms with Gasteiger partial charge in [0.2, 0.25) is 0 Å². The SMILES string of the molecule is CNCc1ccc(-c2ccc(C(C)C)cc2C(C)C)o1. The van der Waals surface area contributed by atoms with E-state index in [1.54, 1.807) is 0 Å². The molecule has 0 fully saturated rings. The predicted molar refractivity (Wildman–Crippen MR) is 85.1 cm³/mol. The Balaban J connectivity index is 2.43. The zero-order valence-corrected chi connectivity index (χ0v) is 13.2. The molecule has 1 aromatic carbocycles. The van der Waals surface area contributed by atoms with Crippen LogP contribution >= 0.6 is 0 Å². The van der Waals surface area contributed by atoms with Crippen molar-refractivity contribution in [1.29, 1.82) is 0 Å². The third kappa shape index (κ3) is 3.13. The highest BCUT2D eigenvalue weighted by Crippen LogP contribution is 2.33. The molecule has 0 bridgehead atoms. The van der Waals surface area contributed by atoms with Crippen molar-refractivity contribution in [3.63, 3.8) is 0 Å². The number of rotatable bonds is 5. The summed E-state index contributed by atoms with van der Waals surface area (Å²) in [6.45, 7) is 9.70. The third-order valence-corrected chi connectivity index (χ3v) is 3.64. The van der Waals surface area contributed by atoms with E-state index in [0.717, 1.165) is 18.1 Å². The van der Waals surface area contributed by atoms with Gasteiger partial charge in [-0.15, -0.1) is 0 Å². The van der Waals surface area contributed by atoms with Gasteiger partial charge in [-0.2, -0.15) is 0 Å². The van der Waals surface area contributed by atoms with Crippen molar-refractivity contribution in [2.45, 2.75) is 46.1 Å². The molecule has 0 aliphatic rings. The summed E-state index contributed by atoms with van der Waals surface area (Å²) in [7, 11) is 1.93. The van der Waals surface area contributed by atoms with E-state index in [1.165, 1.54) is 16.7 Å². The minimum absolute atomic E-state index is 0.488. The molecule has 2 aromatic rings. The van der Waals surface area contributed by atoms with E-state index in [0.29, 0.717) is 11.8 Å². The Labute approximate surface area is 122 Å². The lowest BCUT2D eigenvalue weighted by Gasteiger charge is -2.15. The van der Waals surface area contributed by atoms with Gasteiger partial charge in [-0.05, 0) is 42.1 Å². The Morgan fingerprint density at radius 1 is 1.00 bits per heavy atom. The normalized spacial score (nSPS) is 11.6. The highest BCUT2D eigenvalue weighted by atomic mass is 16.3. The molecule has 108 valence electrons. The molecule has 2 heteroatoms. The average molecular weight is 271 g/mol. The van der Waals surface area contributed by atoms with Gasteiger partial charge in [0.25, 0.3) is 0 Å². The van der Waals surface area contributed by atoms with Gasteiger partial charge in [-0.25, -0.2) is 0 Å². The maximum Gasteiger partial charge on any atom is 0.134 e. The van der Waals surface area contributed by atoms with Crippen molar-refractivity contribution >= 4 is 0 Å². The summed E-state index contributed by atoms with van der Waals surface area (Å²) in [5.74, 6) is 2.99. The Morgan fingerprint density at radius 2 is 1.75 bits per heavy atom. The molecule has 0 aliphatic carbocycles. The zero-order valence-electron chi connectivity index (χ0n) is 13.2. The van der Waals surface area contributed by atoms with Gasteiger partial charge in [-0.1, -0.05) is 45.9 Å². The van der Waals surface area contributed by atoms with Crippen molar-refractivity contribution in [2.24, 2.45) is 0 Å². The van der Waals surface area contributed by atoms with Crippen molar-refractivity contribution in [2.75, 3.05) is 7.05 Å². The van der Waals surface area contributed by atoms with Crippen molar-refractivity contribution < 1.29 is 4.42 Å². The molecule has 20 heavy (non-hydrogen) atoms. The van der Waals surface area contributed by atoms with E-state index in [2.05, 4.69) is 57.3 Å². The molecule has 1 N–H and O–H groups in total. The first kappa shape index (κ1) is 14.9. The zero-order chi connectivity index (χ0) is 14.7. The average Bonchev–Trinajstić information content (AvgIpc) is 2.86. The molecule has 0 aliphatic heterocycles. The fraction of sp³-hybridized carbons (Fsp3) is 0.444. The van der Waals surface area contributed by atoms with Gasteiger partial charge < -0.3 is 9.73 Å². The van der Waals surface area contributed by atoms with Crippen molar-refractivity contribution in [1.82, 2.24) is 5.32 Å². The number of nitrogens with one attached hydrogen (secondary N) is 1. The first-order chi connectivity index (χ1) is 9.52. The molecule has 2 nitrogen and oxygen atoms in total. The summed E-state index contributed by atoms with van der Waals surface area (Å²) in [6, 6.07) is 10.9. The molecule has 0 unspecified atom stereocenters. The summed E-state index contributed by atoms with van der Waals surface area (Å²) in [4.78, 5) is 0. The first-order valence-corrected chi connectivity index (χ1v) is 7.40. The highest BCUT2D eigenvalue weighted by molar-refractivity contribution is 5.64. The Hall–Kier alpha value is -1.54. The lowest BCUT2D eigenvalue weighted by atomic mass is 9.91. The summed E-state index contributed by atoms with van der Waals surface area (Å²) in [5.41, 5.74) is 3.97. The lowest BCUT2D eigenvalue weighted by molar-refractivity contribution is 0.506. The fourth-order valence-corrected chi connectivity index (χ4v) is 2.43. The molecule has 1 aromatic heterocycles. The quantitative estimate of drug-likeness (QED) is 0.835. The number of furan rings is 1. The second-order valence-electron chi connectivity index (χ2n) is 5.95.